The molecule has 0 amide bonds. The first kappa shape index (κ1) is 30.2. The molecule has 4 aromatic heterocycles. The zero-order chi connectivity index (χ0) is 31.0. The summed E-state index contributed by atoms with van der Waals surface area (Å²) in [5.41, 5.74) is 5.80. The van der Waals surface area contributed by atoms with Crippen LogP contribution in [-0.2, 0) is 36.7 Å². The number of anilines is 1. The van der Waals surface area contributed by atoms with Crippen LogP contribution >= 0.6 is 38.1 Å². The number of imidazole rings is 2. The van der Waals surface area contributed by atoms with Gasteiger partial charge < -0.3 is 20.3 Å². The molecule has 7 rings (SSSR count). The molecule has 23 heteroatoms. The van der Waals surface area contributed by atoms with Gasteiger partial charge in [0.15, 0.2) is 30.1 Å². The Morgan fingerprint density at radius 2 is 1.66 bits per heavy atom. The minimum atomic E-state index is -4.37. The number of nitrogen functional groups attached to an aromatic ring is 1. The molecule has 3 N–H and O–H groups in total. The van der Waals surface area contributed by atoms with Gasteiger partial charge in [-0.2, -0.15) is 0 Å². The zero-order valence-electron chi connectivity index (χ0n) is 22.0. The molecule has 10 atom stereocenters. The third kappa shape index (κ3) is 5.28. The lowest BCUT2D eigenvalue weighted by Crippen LogP contribution is -2.35. The van der Waals surface area contributed by atoms with Crippen molar-refractivity contribution in [1.29, 1.82) is 0 Å². The van der Waals surface area contributed by atoms with Crippen LogP contribution in [0.25, 0.3) is 16.9 Å². The van der Waals surface area contributed by atoms with Crippen molar-refractivity contribution in [3.8, 4) is 0 Å². The lowest BCUT2D eigenvalue weighted by atomic mass is 10.1. The van der Waals surface area contributed by atoms with E-state index in [9.17, 15) is 19.0 Å². The van der Waals surface area contributed by atoms with Crippen LogP contribution in [0.3, 0.4) is 0 Å². The summed E-state index contributed by atoms with van der Waals surface area (Å²) in [7, 11) is 0. The average Bonchev–Trinajstić information content (AvgIpc) is 3.75. The van der Waals surface area contributed by atoms with Gasteiger partial charge >= 0.3 is 13.6 Å². The molecule has 4 aromatic rings. The molecule has 44 heavy (non-hydrogen) atoms. The van der Waals surface area contributed by atoms with Gasteiger partial charge in [-0.25, -0.2) is 33.5 Å². The summed E-state index contributed by atoms with van der Waals surface area (Å²) in [6, 6.07) is 1.22. The van der Waals surface area contributed by atoms with E-state index < -0.39 is 81.5 Å². The maximum absolute atomic E-state index is 16.0. The summed E-state index contributed by atoms with van der Waals surface area (Å²) >= 11 is 8.07. The van der Waals surface area contributed by atoms with Crippen molar-refractivity contribution in [2.75, 3.05) is 18.9 Å². The number of hydrogen-bond acceptors (Lipinski definition) is 15. The Morgan fingerprint density at radius 1 is 0.955 bits per heavy atom. The Morgan fingerprint density at radius 3 is 2.43 bits per heavy atom. The molecule has 7 heterocycles. The minimum Gasteiger partial charge on any atom is -0.387 e. The van der Waals surface area contributed by atoms with Crippen molar-refractivity contribution in [3.05, 3.63) is 47.7 Å². The topological polar surface area (TPSA) is 219 Å². The fraction of sp³-hybridized carbons (Fsp3) is 0.476. The van der Waals surface area contributed by atoms with Crippen molar-refractivity contribution >= 4 is 60.9 Å². The summed E-state index contributed by atoms with van der Waals surface area (Å²) in [4.78, 5) is 28.5. The third-order valence-electron chi connectivity index (χ3n) is 7.30. The molecule has 18 nitrogen and oxygen atoms in total. The highest BCUT2D eigenvalue weighted by Gasteiger charge is 2.53. The fourth-order valence-corrected chi connectivity index (χ4v) is 8.22. The van der Waals surface area contributed by atoms with E-state index >= 15 is 4.39 Å². The van der Waals surface area contributed by atoms with E-state index in [-0.39, 0.29) is 22.8 Å². The minimum absolute atomic E-state index is 0.0543. The third-order valence-corrected chi connectivity index (χ3v) is 10.5. The largest absolute Gasteiger partial charge is 0.387 e. The molecule has 0 spiro atoms. The molecule has 3 fully saturated rings. The summed E-state index contributed by atoms with van der Waals surface area (Å²) < 4.78 is 80.5. The van der Waals surface area contributed by atoms with Gasteiger partial charge in [0.05, 0.1) is 19.5 Å². The SMILES string of the molecule is Nc1ncnc2c1ncn2[C@@H]1O[C@@H]2CO[P@@](=O)(S)O[C@@H]3[C@H](O)[C@@H](CO[P@](=O)(S)O[C@H]2[C@@H]1F)O[C@H]3n1ccc(=O)n2ccnc12. The Kier molecular flexibility index (Phi) is 7.65. The highest BCUT2D eigenvalue weighted by atomic mass is 32.7. The van der Waals surface area contributed by atoms with Crippen LogP contribution in [0.2, 0.25) is 0 Å². The number of aliphatic hydroxyl groups excluding tert-OH is 1. The van der Waals surface area contributed by atoms with Gasteiger partial charge in [-0.15, -0.1) is 0 Å². The van der Waals surface area contributed by atoms with Gasteiger partial charge in [0.1, 0.15) is 42.4 Å². The number of aromatic nitrogens is 7. The van der Waals surface area contributed by atoms with Crippen LogP contribution in [0.1, 0.15) is 12.5 Å². The van der Waals surface area contributed by atoms with Crippen molar-refractivity contribution in [2.24, 2.45) is 0 Å². The lowest BCUT2D eigenvalue weighted by Gasteiger charge is -2.27. The molecular weight excluding hydrogens is 669 g/mol. The normalized spacial score (nSPS) is 38.3. The summed E-state index contributed by atoms with van der Waals surface area (Å²) in [5.74, 6) is 0.170. The number of thiol groups is 2. The number of hydrogen-bond donors (Lipinski definition) is 4. The molecule has 236 valence electrons. The molecule has 3 aliphatic rings. The van der Waals surface area contributed by atoms with E-state index in [0.717, 1.165) is 6.33 Å². The number of nitrogens with zero attached hydrogens (tertiary/aromatic N) is 7. The van der Waals surface area contributed by atoms with Crippen molar-refractivity contribution in [2.45, 2.75) is 49.1 Å². The van der Waals surface area contributed by atoms with E-state index in [2.05, 4.69) is 44.4 Å². The van der Waals surface area contributed by atoms with E-state index in [1.54, 1.807) is 0 Å². The molecule has 2 bridgehead atoms. The second-order valence-corrected chi connectivity index (χ2v) is 15.7. The molecule has 0 unspecified atom stereocenters. The van der Waals surface area contributed by atoms with Crippen molar-refractivity contribution in [1.82, 2.24) is 33.5 Å². The standard InChI is InChI=1S/C21H23FN8O10P2S2/c22-12-15-10(38-19(12)30-8-27-13-17(23)25-7-26-18(13)30)6-36-42(34,44)40-16-14(32)9(5-35-41(33,43)39-15)37-20(16)29-3-1-11(31)28-4-2-24-21(28)29/h1-4,7-10,12,14-16,19-20,32H,5-6H2,(H,33,43)(H,34,44)(H2,23,25,26)/t9-,10-,12+,14-,15-,16-,19-,20-,41+,42-/m1/s1. The monoisotopic (exact) mass is 692 g/mol. The summed E-state index contributed by atoms with van der Waals surface area (Å²) in [5, 5.41) is 11.1. The molecule has 0 aromatic carbocycles. The molecule has 3 aliphatic heterocycles. The van der Waals surface area contributed by atoms with E-state index in [1.807, 2.05) is 0 Å². The molecule has 0 saturated carbocycles. The first-order valence-electron chi connectivity index (χ1n) is 12.8. The predicted molar refractivity (Wildman–Crippen MR) is 153 cm³/mol. The van der Waals surface area contributed by atoms with Gasteiger partial charge in [0.2, 0.25) is 5.78 Å². The Labute approximate surface area is 256 Å². The van der Waals surface area contributed by atoms with Crippen LogP contribution in [0.5, 0.6) is 0 Å². The maximum atomic E-state index is 16.0. The smallest absolute Gasteiger partial charge is 0.386 e. The number of ether oxygens (including phenoxy) is 2. The number of halogens is 1. The molecule has 3 saturated heterocycles. The predicted octanol–water partition coefficient (Wildman–Crippen LogP) is 1.30. The van der Waals surface area contributed by atoms with E-state index in [4.69, 9.17) is 33.3 Å². The van der Waals surface area contributed by atoms with E-state index in [0.29, 0.717) is 0 Å². The Bertz CT molecular complexity index is 1900. The second-order valence-electron chi connectivity index (χ2n) is 9.98. The average molecular weight is 693 g/mol. The van der Waals surface area contributed by atoms with Crippen LogP contribution in [0, 0.1) is 0 Å². The number of aliphatic hydroxyl groups is 1. The number of nitrogens with two attached hydrogens (primary N) is 1. The quantitative estimate of drug-likeness (QED) is 0.172. The molecular formula is C21H23FN8O10P2S2. The number of fused-ring (bicyclic) bond motifs is 5. The van der Waals surface area contributed by atoms with Gasteiger partial charge in [0.25, 0.3) is 5.56 Å². The first-order valence-corrected chi connectivity index (χ1v) is 18.2. The first-order chi connectivity index (χ1) is 20.9. The van der Waals surface area contributed by atoms with Crippen LogP contribution in [0.15, 0.2) is 42.1 Å². The lowest BCUT2D eigenvalue weighted by molar-refractivity contribution is -0.0571. The van der Waals surface area contributed by atoms with Crippen molar-refractivity contribution < 1.29 is 46.2 Å². The Hall–Kier alpha value is -2.42. The molecule has 0 aliphatic carbocycles. The van der Waals surface area contributed by atoms with Gasteiger partial charge in [-0.1, -0.05) is 24.5 Å². The fourth-order valence-electron chi connectivity index (χ4n) is 5.28. The zero-order valence-corrected chi connectivity index (χ0v) is 25.6. The highest BCUT2D eigenvalue weighted by molar-refractivity contribution is 8.44. The van der Waals surface area contributed by atoms with E-state index in [1.165, 1.54) is 44.5 Å². The molecule has 0 radical (unpaired) electrons. The van der Waals surface area contributed by atoms with Crippen LogP contribution < -0.4 is 11.3 Å². The highest BCUT2D eigenvalue weighted by Crippen LogP contribution is 2.60. The van der Waals surface area contributed by atoms with Crippen LogP contribution in [0.4, 0.5) is 10.2 Å². The van der Waals surface area contributed by atoms with Crippen molar-refractivity contribution in [3.63, 3.8) is 0 Å². The maximum Gasteiger partial charge on any atom is 0.386 e. The Balaban J connectivity index is 1.21. The summed E-state index contributed by atoms with van der Waals surface area (Å²) in [6.45, 7) is -9.96. The second kappa shape index (κ2) is 11.1. The van der Waals surface area contributed by atoms with Gasteiger partial charge in [-0.3, -0.25) is 36.4 Å². The van der Waals surface area contributed by atoms with Gasteiger partial charge in [-0.05, 0) is 0 Å². The van der Waals surface area contributed by atoms with Gasteiger partial charge in [0, 0.05) is 24.7 Å². The number of rotatable bonds is 2. The summed E-state index contributed by atoms with van der Waals surface area (Å²) in [6.07, 6.45) is -5.37. The van der Waals surface area contributed by atoms with Crippen LogP contribution in [-0.4, -0.2) is 88.5 Å². The number of alkyl halides is 1.